The van der Waals surface area contributed by atoms with E-state index in [0.717, 1.165) is 37.1 Å². The predicted octanol–water partition coefficient (Wildman–Crippen LogP) is 3.05. The highest BCUT2D eigenvalue weighted by atomic mass is 19.1. The van der Waals surface area contributed by atoms with Gasteiger partial charge >= 0.3 is 0 Å². The number of nitrogens with zero attached hydrogens (tertiary/aromatic N) is 3. The third kappa shape index (κ3) is 3.85. The van der Waals surface area contributed by atoms with Crippen LogP contribution in [0.4, 0.5) is 4.39 Å². The molecule has 0 spiro atoms. The maximum atomic E-state index is 14.7. The van der Waals surface area contributed by atoms with Crippen LogP contribution in [0.3, 0.4) is 0 Å². The summed E-state index contributed by atoms with van der Waals surface area (Å²) in [6.45, 7) is 2.82. The molecule has 170 valence electrons. The fraction of sp³-hybridized carbons (Fsp3) is 0.500. The Hall–Kier alpha value is -2.28. The van der Waals surface area contributed by atoms with Gasteiger partial charge in [0.25, 0.3) is 5.91 Å². The predicted molar refractivity (Wildman–Crippen MR) is 122 cm³/mol. The summed E-state index contributed by atoms with van der Waals surface area (Å²) in [6.07, 6.45) is 2.15. The summed E-state index contributed by atoms with van der Waals surface area (Å²) < 4.78 is 14.7. The number of carbonyl (C=O) groups excluding carboxylic acids is 1. The third-order valence-electron chi connectivity index (χ3n) is 7.62. The summed E-state index contributed by atoms with van der Waals surface area (Å²) in [4.78, 5) is 19.2. The molecule has 5 nitrogen and oxygen atoms in total. The van der Waals surface area contributed by atoms with Gasteiger partial charge in [-0.3, -0.25) is 9.69 Å². The molecule has 5 rings (SSSR count). The lowest BCUT2D eigenvalue weighted by Crippen LogP contribution is -2.35. The van der Waals surface area contributed by atoms with E-state index in [1.165, 1.54) is 5.56 Å². The molecule has 0 aromatic heterocycles. The van der Waals surface area contributed by atoms with E-state index in [0.29, 0.717) is 37.0 Å². The summed E-state index contributed by atoms with van der Waals surface area (Å²) >= 11 is 0. The number of carbonyl (C=O) groups is 1. The van der Waals surface area contributed by atoms with Gasteiger partial charge < -0.3 is 14.9 Å². The minimum absolute atomic E-state index is 0.0108. The highest BCUT2D eigenvalue weighted by Gasteiger charge is 2.41. The van der Waals surface area contributed by atoms with Crippen molar-refractivity contribution in [3.8, 4) is 0 Å². The van der Waals surface area contributed by atoms with Crippen molar-refractivity contribution in [2.24, 2.45) is 0 Å². The number of likely N-dealkylation sites (tertiary alicyclic amines) is 2. The summed E-state index contributed by atoms with van der Waals surface area (Å²) in [5.74, 6) is 0.215. The number of amides is 1. The van der Waals surface area contributed by atoms with Crippen molar-refractivity contribution in [3.05, 3.63) is 70.5 Å². The first-order chi connectivity index (χ1) is 15.4. The molecule has 2 aromatic carbocycles. The van der Waals surface area contributed by atoms with E-state index in [9.17, 15) is 14.3 Å². The Morgan fingerprint density at radius 2 is 1.84 bits per heavy atom. The molecule has 2 aromatic rings. The summed E-state index contributed by atoms with van der Waals surface area (Å²) in [7, 11) is 4.22. The van der Waals surface area contributed by atoms with Crippen molar-refractivity contribution in [1.29, 1.82) is 0 Å². The van der Waals surface area contributed by atoms with Gasteiger partial charge in [0.05, 0.1) is 6.10 Å². The van der Waals surface area contributed by atoms with Gasteiger partial charge in [-0.05, 0) is 62.7 Å². The first-order valence-corrected chi connectivity index (χ1v) is 11.7. The van der Waals surface area contributed by atoms with E-state index in [1.54, 1.807) is 11.0 Å². The van der Waals surface area contributed by atoms with Crippen molar-refractivity contribution < 1.29 is 14.3 Å². The lowest BCUT2D eigenvalue weighted by Gasteiger charge is -2.26. The van der Waals surface area contributed by atoms with Crippen molar-refractivity contribution in [1.82, 2.24) is 14.7 Å². The summed E-state index contributed by atoms with van der Waals surface area (Å²) in [5, 5.41) is 9.73. The Morgan fingerprint density at radius 1 is 1.06 bits per heavy atom. The maximum Gasteiger partial charge on any atom is 0.253 e. The highest BCUT2D eigenvalue weighted by Crippen LogP contribution is 2.42. The van der Waals surface area contributed by atoms with Crippen molar-refractivity contribution in [3.63, 3.8) is 0 Å². The van der Waals surface area contributed by atoms with Crippen LogP contribution < -0.4 is 0 Å². The van der Waals surface area contributed by atoms with Gasteiger partial charge in [0.15, 0.2) is 0 Å². The van der Waals surface area contributed by atoms with Crippen LogP contribution in [-0.2, 0) is 6.42 Å². The second-order valence-electron chi connectivity index (χ2n) is 9.77. The molecule has 2 fully saturated rings. The molecular weight excluding hydrogens is 405 g/mol. The average molecular weight is 438 g/mol. The van der Waals surface area contributed by atoms with Crippen molar-refractivity contribution >= 4 is 5.91 Å². The fourth-order valence-electron chi connectivity index (χ4n) is 5.88. The first-order valence-electron chi connectivity index (χ1n) is 11.7. The Labute approximate surface area is 189 Å². The number of hydrogen-bond donors (Lipinski definition) is 1. The SMILES string of the molecule is CN(C)[C@H]1CN(C2CCc3cccc(F)c32)C[C@@H]1c1ccc(C(=O)N2CC[C@H](O)C2)cc1. The number of likely N-dealkylation sites (N-methyl/N-ethyl adjacent to an activating group) is 1. The standard InChI is InChI=1S/C26H32FN3O2/c1-28(2)24-16-30(23-11-10-18-4-3-5-22(27)25(18)23)15-21(24)17-6-8-19(9-7-17)26(32)29-13-12-20(31)14-29/h3-9,20-21,23-24,31H,10-16H2,1-2H3/t20-,21+,23?,24-/m0/s1. The van der Waals surface area contributed by atoms with Crippen LogP contribution in [-0.4, -0.2) is 78.1 Å². The van der Waals surface area contributed by atoms with Gasteiger partial charge in [0.2, 0.25) is 0 Å². The highest BCUT2D eigenvalue weighted by molar-refractivity contribution is 5.94. The molecule has 1 aliphatic carbocycles. The second kappa shape index (κ2) is 8.58. The molecule has 0 saturated carbocycles. The summed E-state index contributed by atoms with van der Waals surface area (Å²) in [5.41, 5.74) is 3.93. The van der Waals surface area contributed by atoms with Crippen LogP contribution in [0.2, 0.25) is 0 Å². The van der Waals surface area contributed by atoms with E-state index < -0.39 is 6.10 Å². The zero-order valence-electron chi connectivity index (χ0n) is 18.9. The Kier molecular flexibility index (Phi) is 5.78. The number of rotatable bonds is 4. The fourth-order valence-corrected chi connectivity index (χ4v) is 5.88. The van der Waals surface area contributed by atoms with Gasteiger partial charge in [-0.1, -0.05) is 24.3 Å². The lowest BCUT2D eigenvalue weighted by atomic mass is 9.93. The number of aliphatic hydroxyl groups excluding tert-OH is 1. The third-order valence-corrected chi connectivity index (χ3v) is 7.62. The van der Waals surface area contributed by atoms with E-state index in [1.807, 2.05) is 18.2 Å². The molecule has 3 aliphatic rings. The van der Waals surface area contributed by atoms with Gasteiger partial charge in [-0.25, -0.2) is 4.39 Å². The van der Waals surface area contributed by atoms with Gasteiger partial charge in [-0.2, -0.15) is 0 Å². The van der Waals surface area contributed by atoms with Crippen molar-refractivity contribution in [2.75, 3.05) is 40.3 Å². The largest absolute Gasteiger partial charge is 0.391 e. The Balaban J connectivity index is 1.35. The quantitative estimate of drug-likeness (QED) is 0.799. The lowest BCUT2D eigenvalue weighted by molar-refractivity contribution is 0.0765. The minimum Gasteiger partial charge on any atom is -0.391 e. The monoisotopic (exact) mass is 437 g/mol. The average Bonchev–Trinajstić information content (AvgIpc) is 3.51. The molecule has 32 heavy (non-hydrogen) atoms. The maximum absolute atomic E-state index is 14.7. The number of halogens is 1. The molecule has 2 saturated heterocycles. The Morgan fingerprint density at radius 3 is 2.53 bits per heavy atom. The van der Waals surface area contributed by atoms with Crippen LogP contribution in [0, 0.1) is 5.82 Å². The second-order valence-corrected chi connectivity index (χ2v) is 9.77. The molecule has 0 bridgehead atoms. The van der Waals surface area contributed by atoms with E-state index >= 15 is 0 Å². The zero-order chi connectivity index (χ0) is 22.4. The van der Waals surface area contributed by atoms with Crippen LogP contribution >= 0.6 is 0 Å². The van der Waals surface area contributed by atoms with E-state index in [2.05, 4.69) is 42.1 Å². The molecule has 6 heteroatoms. The minimum atomic E-state index is -0.408. The van der Waals surface area contributed by atoms with Crippen LogP contribution in [0.25, 0.3) is 0 Å². The van der Waals surface area contributed by atoms with Crippen LogP contribution in [0.15, 0.2) is 42.5 Å². The normalized spacial score (nSPS) is 28.0. The molecule has 1 amide bonds. The molecule has 1 N–H and O–H groups in total. The number of aliphatic hydroxyl groups is 1. The van der Waals surface area contributed by atoms with Gasteiger partial charge in [0.1, 0.15) is 5.82 Å². The van der Waals surface area contributed by atoms with Crippen LogP contribution in [0.1, 0.15) is 51.8 Å². The number of hydrogen-bond acceptors (Lipinski definition) is 4. The van der Waals surface area contributed by atoms with E-state index in [4.69, 9.17) is 0 Å². The van der Waals surface area contributed by atoms with Crippen LogP contribution in [0.5, 0.6) is 0 Å². The number of benzene rings is 2. The van der Waals surface area contributed by atoms with Gasteiger partial charge in [-0.15, -0.1) is 0 Å². The molecule has 4 atom stereocenters. The van der Waals surface area contributed by atoms with Crippen molar-refractivity contribution in [2.45, 2.75) is 43.4 Å². The van der Waals surface area contributed by atoms with E-state index in [-0.39, 0.29) is 17.8 Å². The molecule has 2 aliphatic heterocycles. The number of fused-ring (bicyclic) bond motifs is 1. The zero-order valence-corrected chi connectivity index (χ0v) is 18.9. The smallest absolute Gasteiger partial charge is 0.253 e. The topological polar surface area (TPSA) is 47.0 Å². The molecule has 1 unspecified atom stereocenters. The molecule has 2 heterocycles. The number of aryl methyl sites for hydroxylation is 1. The van der Waals surface area contributed by atoms with Gasteiger partial charge in [0, 0.05) is 55.3 Å². The summed E-state index contributed by atoms with van der Waals surface area (Å²) in [6, 6.07) is 13.9. The Bertz CT molecular complexity index is 993. The first kappa shape index (κ1) is 21.6. The molecular formula is C26H32FN3O2. The number of β-amino-alcohol motifs (C(OH)–C–C–N with tert-alkyl or cyclic N) is 1. The molecule has 0 radical (unpaired) electrons.